The Morgan fingerprint density at radius 3 is 2.74 bits per heavy atom. The van der Waals surface area contributed by atoms with Crippen LogP contribution in [0.1, 0.15) is 36.0 Å². The SMILES string of the molecule is CSCCCCCCNc1c(N)cccc1C(=O)O. The van der Waals surface area contributed by atoms with E-state index in [1.165, 1.54) is 18.6 Å². The summed E-state index contributed by atoms with van der Waals surface area (Å²) in [5.41, 5.74) is 7.08. The number of anilines is 2. The number of carbonyl (C=O) groups is 1. The maximum Gasteiger partial charge on any atom is 0.337 e. The van der Waals surface area contributed by atoms with E-state index < -0.39 is 5.97 Å². The summed E-state index contributed by atoms with van der Waals surface area (Å²) in [5.74, 6) is 0.261. The highest BCUT2D eigenvalue weighted by molar-refractivity contribution is 7.98. The molecule has 0 aliphatic rings. The average molecular weight is 282 g/mol. The van der Waals surface area contributed by atoms with Gasteiger partial charge in [0.2, 0.25) is 0 Å². The third kappa shape index (κ3) is 5.42. The van der Waals surface area contributed by atoms with Gasteiger partial charge in [-0.1, -0.05) is 18.9 Å². The van der Waals surface area contributed by atoms with Gasteiger partial charge in [-0.15, -0.1) is 0 Å². The lowest BCUT2D eigenvalue weighted by Gasteiger charge is -2.12. The van der Waals surface area contributed by atoms with Gasteiger partial charge in [0.05, 0.1) is 16.9 Å². The van der Waals surface area contributed by atoms with Crippen molar-refractivity contribution >= 4 is 29.1 Å². The summed E-state index contributed by atoms with van der Waals surface area (Å²) in [6, 6.07) is 4.94. The van der Waals surface area contributed by atoms with Crippen LogP contribution in [0.2, 0.25) is 0 Å². The lowest BCUT2D eigenvalue weighted by atomic mass is 10.1. The van der Waals surface area contributed by atoms with Gasteiger partial charge in [0.15, 0.2) is 0 Å². The van der Waals surface area contributed by atoms with Gasteiger partial charge in [-0.3, -0.25) is 0 Å². The van der Waals surface area contributed by atoms with Crippen molar-refractivity contribution in [2.24, 2.45) is 0 Å². The van der Waals surface area contributed by atoms with Crippen LogP contribution in [0.3, 0.4) is 0 Å². The van der Waals surface area contributed by atoms with Gasteiger partial charge in [0.1, 0.15) is 0 Å². The summed E-state index contributed by atoms with van der Waals surface area (Å²) in [6.45, 7) is 0.758. The molecule has 0 aromatic heterocycles. The van der Waals surface area contributed by atoms with Crippen LogP contribution >= 0.6 is 11.8 Å². The van der Waals surface area contributed by atoms with Crippen molar-refractivity contribution < 1.29 is 9.90 Å². The predicted molar refractivity (Wildman–Crippen MR) is 83.2 cm³/mol. The number of nitrogens with one attached hydrogen (secondary N) is 1. The number of thioether (sulfide) groups is 1. The molecule has 0 atom stereocenters. The molecule has 0 amide bonds. The van der Waals surface area contributed by atoms with Crippen LogP contribution < -0.4 is 11.1 Å². The van der Waals surface area contributed by atoms with Crippen LogP contribution in [0.5, 0.6) is 0 Å². The quantitative estimate of drug-likeness (QED) is 0.478. The first-order chi connectivity index (χ1) is 9.16. The van der Waals surface area contributed by atoms with Gasteiger partial charge >= 0.3 is 5.97 Å². The highest BCUT2D eigenvalue weighted by Crippen LogP contribution is 2.23. The Morgan fingerprint density at radius 2 is 2.05 bits per heavy atom. The number of carboxylic acid groups (broad SMARTS) is 1. The third-order valence-corrected chi connectivity index (χ3v) is 3.60. The molecule has 0 fully saturated rings. The van der Waals surface area contributed by atoms with E-state index >= 15 is 0 Å². The number of nitrogens with two attached hydrogens (primary N) is 1. The minimum Gasteiger partial charge on any atom is -0.478 e. The molecule has 1 aromatic rings. The molecule has 1 rings (SSSR count). The number of aromatic carboxylic acids is 1. The number of carboxylic acids is 1. The largest absolute Gasteiger partial charge is 0.478 e. The van der Waals surface area contributed by atoms with Gasteiger partial charge in [-0.2, -0.15) is 11.8 Å². The molecule has 4 N–H and O–H groups in total. The molecule has 0 heterocycles. The second-order valence-corrected chi connectivity index (χ2v) is 5.39. The second kappa shape index (κ2) is 8.69. The smallest absolute Gasteiger partial charge is 0.337 e. The Hall–Kier alpha value is -1.36. The zero-order chi connectivity index (χ0) is 14.1. The van der Waals surface area contributed by atoms with E-state index in [-0.39, 0.29) is 5.56 Å². The summed E-state index contributed by atoms with van der Waals surface area (Å²) in [6.07, 6.45) is 6.77. The van der Waals surface area contributed by atoms with Crippen LogP contribution in [-0.4, -0.2) is 29.6 Å². The molecular formula is C14H22N2O2S. The number of hydrogen-bond acceptors (Lipinski definition) is 4. The number of rotatable bonds is 9. The summed E-state index contributed by atoms with van der Waals surface area (Å²) in [4.78, 5) is 11.1. The van der Waals surface area contributed by atoms with E-state index in [9.17, 15) is 4.79 Å². The third-order valence-electron chi connectivity index (χ3n) is 2.90. The number of unbranched alkanes of at least 4 members (excludes halogenated alkanes) is 3. The van der Waals surface area contributed by atoms with Crippen LogP contribution in [0.4, 0.5) is 11.4 Å². The number of nitrogen functional groups attached to an aromatic ring is 1. The molecule has 0 radical (unpaired) electrons. The summed E-state index contributed by atoms with van der Waals surface area (Å²) in [7, 11) is 0. The molecule has 0 bridgehead atoms. The van der Waals surface area contributed by atoms with Crippen molar-refractivity contribution in [3.05, 3.63) is 23.8 Å². The summed E-state index contributed by atoms with van der Waals surface area (Å²) in [5, 5.41) is 12.2. The lowest BCUT2D eigenvalue weighted by Crippen LogP contribution is -2.10. The summed E-state index contributed by atoms with van der Waals surface area (Å²) >= 11 is 1.87. The molecule has 106 valence electrons. The molecule has 0 aliphatic heterocycles. The number of para-hydroxylation sites is 1. The molecule has 0 unspecified atom stereocenters. The highest BCUT2D eigenvalue weighted by Gasteiger charge is 2.11. The first-order valence-electron chi connectivity index (χ1n) is 6.51. The van der Waals surface area contributed by atoms with Gasteiger partial charge < -0.3 is 16.2 Å². The fraction of sp³-hybridized carbons (Fsp3) is 0.500. The van der Waals surface area contributed by atoms with Crippen molar-refractivity contribution in [1.29, 1.82) is 0 Å². The molecule has 0 saturated carbocycles. The van der Waals surface area contributed by atoms with Crippen LogP contribution in [-0.2, 0) is 0 Å². The van der Waals surface area contributed by atoms with E-state index in [0.717, 1.165) is 19.4 Å². The Kier molecular flexibility index (Phi) is 7.18. The summed E-state index contributed by atoms with van der Waals surface area (Å²) < 4.78 is 0. The van der Waals surface area contributed by atoms with Crippen molar-refractivity contribution in [2.75, 3.05) is 29.6 Å². The zero-order valence-electron chi connectivity index (χ0n) is 11.3. The molecule has 1 aromatic carbocycles. The topological polar surface area (TPSA) is 75.3 Å². The normalized spacial score (nSPS) is 10.4. The fourth-order valence-corrected chi connectivity index (χ4v) is 2.38. The Morgan fingerprint density at radius 1 is 1.32 bits per heavy atom. The van der Waals surface area contributed by atoms with E-state index in [1.807, 2.05) is 11.8 Å². The molecule has 0 saturated heterocycles. The van der Waals surface area contributed by atoms with Crippen molar-refractivity contribution in [1.82, 2.24) is 0 Å². The predicted octanol–water partition coefficient (Wildman–Crippen LogP) is 3.30. The molecule has 0 aliphatic carbocycles. The number of hydrogen-bond donors (Lipinski definition) is 3. The van der Waals surface area contributed by atoms with E-state index in [2.05, 4.69) is 11.6 Å². The van der Waals surface area contributed by atoms with Gasteiger partial charge in [-0.25, -0.2) is 4.79 Å². The minimum atomic E-state index is -0.949. The van der Waals surface area contributed by atoms with E-state index in [0.29, 0.717) is 11.4 Å². The fourth-order valence-electron chi connectivity index (χ4n) is 1.88. The molecule has 4 nitrogen and oxygen atoms in total. The monoisotopic (exact) mass is 282 g/mol. The van der Waals surface area contributed by atoms with Crippen LogP contribution in [0, 0.1) is 0 Å². The lowest BCUT2D eigenvalue weighted by molar-refractivity contribution is 0.0698. The first kappa shape index (κ1) is 15.7. The second-order valence-electron chi connectivity index (χ2n) is 4.41. The zero-order valence-corrected chi connectivity index (χ0v) is 12.1. The minimum absolute atomic E-state index is 0.238. The number of benzene rings is 1. The van der Waals surface area contributed by atoms with Crippen molar-refractivity contribution in [3.63, 3.8) is 0 Å². The van der Waals surface area contributed by atoms with Gasteiger partial charge in [-0.05, 0) is 37.0 Å². The molecule has 5 heteroatoms. The van der Waals surface area contributed by atoms with Gasteiger partial charge in [0.25, 0.3) is 0 Å². The van der Waals surface area contributed by atoms with E-state index in [4.69, 9.17) is 10.8 Å². The van der Waals surface area contributed by atoms with Crippen molar-refractivity contribution in [2.45, 2.75) is 25.7 Å². The Bertz CT molecular complexity index is 410. The van der Waals surface area contributed by atoms with Crippen LogP contribution in [0.15, 0.2) is 18.2 Å². The maximum atomic E-state index is 11.1. The average Bonchev–Trinajstić information content (AvgIpc) is 2.39. The Balaban J connectivity index is 2.38. The van der Waals surface area contributed by atoms with Crippen molar-refractivity contribution in [3.8, 4) is 0 Å². The van der Waals surface area contributed by atoms with Crippen LogP contribution in [0.25, 0.3) is 0 Å². The highest BCUT2D eigenvalue weighted by atomic mass is 32.2. The van der Waals surface area contributed by atoms with Gasteiger partial charge in [0, 0.05) is 6.54 Å². The molecular weight excluding hydrogens is 260 g/mol. The standard InChI is InChI=1S/C14H22N2O2S/c1-19-10-5-3-2-4-9-16-13-11(14(17)18)7-6-8-12(13)15/h6-8,16H,2-5,9-10,15H2,1H3,(H,17,18). The maximum absolute atomic E-state index is 11.1. The molecule has 0 spiro atoms. The molecule has 19 heavy (non-hydrogen) atoms. The van der Waals surface area contributed by atoms with E-state index in [1.54, 1.807) is 18.2 Å². The Labute approximate surface area is 118 Å². The first-order valence-corrected chi connectivity index (χ1v) is 7.90.